The summed E-state index contributed by atoms with van der Waals surface area (Å²) < 4.78 is 11.5. The number of hydrogen-bond acceptors (Lipinski definition) is 2. The first-order valence-electron chi connectivity index (χ1n) is 18.9. The van der Waals surface area contributed by atoms with Gasteiger partial charge in [-0.05, 0) is 91.5 Å². The molecule has 2 aliphatic carbocycles. The van der Waals surface area contributed by atoms with Gasteiger partial charge < -0.3 is 14.5 Å². The highest BCUT2D eigenvalue weighted by atomic mass is 16.5. The van der Waals surface area contributed by atoms with Crippen molar-refractivity contribution in [2.24, 2.45) is 0 Å². The number of H-pyrrole nitrogens is 1. The van der Waals surface area contributed by atoms with E-state index in [4.69, 9.17) is 9.47 Å². The molecule has 0 saturated heterocycles. The Morgan fingerprint density at radius 2 is 0.782 bits per heavy atom. The highest BCUT2D eigenvalue weighted by Crippen LogP contribution is 2.63. The molecule has 0 aliphatic heterocycles. The first-order chi connectivity index (χ1) is 27.2. The van der Waals surface area contributed by atoms with E-state index in [9.17, 15) is 0 Å². The molecule has 2 aliphatic rings. The summed E-state index contributed by atoms with van der Waals surface area (Å²) in [5.74, 6) is 1.66. The van der Waals surface area contributed by atoms with Crippen LogP contribution < -0.4 is 9.47 Å². The molecule has 9 aromatic rings. The lowest BCUT2D eigenvalue weighted by Gasteiger charge is -2.42. The van der Waals surface area contributed by atoms with E-state index in [-0.39, 0.29) is 0 Å². The second kappa shape index (κ2) is 11.8. The normalized spacial score (nSPS) is 14.3. The standard InChI is InChI=1S/C52H37NO2/c1-54-35-27-23-33(24-28-35)51(43-18-8-3-13-37(43)38-14-4-9-19-44(38)51)47-32-31-42-41-17-7-12-22-48(41)53-50(42)49(47)52(34-25-29-36(55-2)30-26-34)45-20-10-5-15-39(45)40-16-6-11-21-46(40)52/h3-32,53H,1-2H3. The van der Waals surface area contributed by atoms with Crippen LogP contribution in [-0.2, 0) is 10.8 Å². The van der Waals surface area contributed by atoms with Crippen molar-refractivity contribution in [3.8, 4) is 33.8 Å². The molecule has 8 aromatic carbocycles. The van der Waals surface area contributed by atoms with E-state index in [2.05, 4.69) is 187 Å². The lowest BCUT2D eigenvalue weighted by molar-refractivity contribution is 0.414. The second-order valence-electron chi connectivity index (χ2n) is 14.7. The molecule has 3 nitrogen and oxygen atoms in total. The molecule has 262 valence electrons. The number of nitrogens with one attached hydrogen (secondary N) is 1. The molecule has 0 fully saturated rings. The number of aromatic amines is 1. The molecular weight excluding hydrogens is 671 g/mol. The van der Waals surface area contributed by atoms with Gasteiger partial charge in [-0.1, -0.05) is 152 Å². The van der Waals surface area contributed by atoms with E-state index in [1.165, 1.54) is 77.5 Å². The zero-order chi connectivity index (χ0) is 36.7. The molecule has 1 N–H and O–H groups in total. The minimum atomic E-state index is -0.721. The molecule has 3 heteroatoms. The molecule has 0 bridgehead atoms. The predicted octanol–water partition coefficient (Wildman–Crippen LogP) is 12.1. The van der Waals surface area contributed by atoms with Gasteiger partial charge in [0.15, 0.2) is 0 Å². The monoisotopic (exact) mass is 707 g/mol. The maximum atomic E-state index is 5.78. The van der Waals surface area contributed by atoms with Gasteiger partial charge in [-0.2, -0.15) is 0 Å². The van der Waals surface area contributed by atoms with Gasteiger partial charge in [0, 0.05) is 21.9 Å². The van der Waals surface area contributed by atoms with E-state index in [1.54, 1.807) is 14.2 Å². The Labute approximate surface area is 320 Å². The largest absolute Gasteiger partial charge is 0.497 e. The number of aromatic nitrogens is 1. The highest BCUT2D eigenvalue weighted by Gasteiger charge is 2.54. The third kappa shape index (κ3) is 4.10. The van der Waals surface area contributed by atoms with Crippen molar-refractivity contribution in [1.82, 2.24) is 4.98 Å². The molecule has 1 heterocycles. The summed E-state index contributed by atoms with van der Waals surface area (Å²) in [6.07, 6.45) is 0. The topological polar surface area (TPSA) is 34.2 Å². The van der Waals surface area contributed by atoms with Crippen LogP contribution in [0.15, 0.2) is 182 Å². The van der Waals surface area contributed by atoms with Gasteiger partial charge in [0.2, 0.25) is 0 Å². The SMILES string of the molecule is COc1ccc(C2(c3ccc4c([nH]c5ccccc54)c3C3(c4ccc(OC)cc4)c4ccccc4-c4ccccc43)c3ccccc3-c3ccccc32)cc1. The van der Waals surface area contributed by atoms with E-state index >= 15 is 0 Å². The van der Waals surface area contributed by atoms with Gasteiger partial charge in [0.1, 0.15) is 11.5 Å². The fraction of sp³-hybridized carbons (Fsp3) is 0.0769. The maximum Gasteiger partial charge on any atom is 0.118 e. The second-order valence-corrected chi connectivity index (χ2v) is 14.7. The van der Waals surface area contributed by atoms with Crippen LogP contribution in [0.5, 0.6) is 11.5 Å². The average Bonchev–Trinajstić information content (AvgIpc) is 3.89. The Bertz CT molecular complexity index is 2860. The molecule has 11 rings (SSSR count). The molecular formula is C52H37NO2. The third-order valence-corrected chi connectivity index (χ3v) is 12.4. The minimum absolute atomic E-state index is 0.688. The summed E-state index contributed by atoms with van der Waals surface area (Å²) in [6.45, 7) is 0. The first-order valence-corrected chi connectivity index (χ1v) is 18.9. The zero-order valence-corrected chi connectivity index (χ0v) is 30.6. The summed E-state index contributed by atoms with van der Waals surface area (Å²) in [4.78, 5) is 4.06. The minimum Gasteiger partial charge on any atom is -0.497 e. The highest BCUT2D eigenvalue weighted by molar-refractivity contribution is 6.10. The fourth-order valence-corrected chi connectivity index (χ4v) is 10.3. The van der Waals surface area contributed by atoms with Gasteiger partial charge in [0.25, 0.3) is 0 Å². The smallest absolute Gasteiger partial charge is 0.118 e. The van der Waals surface area contributed by atoms with Crippen molar-refractivity contribution in [3.05, 3.63) is 226 Å². The van der Waals surface area contributed by atoms with Crippen LogP contribution in [0.3, 0.4) is 0 Å². The quantitative estimate of drug-likeness (QED) is 0.187. The molecule has 55 heavy (non-hydrogen) atoms. The molecule has 0 atom stereocenters. The molecule has 1 aromatic heterocycles. The molecule has 0 radical (unpaired) electrons. The van der Waals surface area contributed by atoms with Crippen molar-refractivity contribution >= 4 is 21.8 Å². The summed E-state index contributed by atoms with van der Waals surface area (Å²) in [5, 5.41) is 2.41. The van der Waals surface area contributed by atoms with Crippen molar-refractivity contribution in [1.29, 1.82) is 0 Å². The van der Waals surface area contributed by atoms with Crippen LogP contribution >= 0.6 is 0 Å². The number of rotatable bonds is 6. The number of hydrogen-bond donors (Lipinski definition) is 1. The zero-order valence-electron chi connectivity index (χ0n) is 30.6. The molecule has 0 saturated carbocycles. The molecule has 0 amide bonds. The van der Waals surface area contributed by atoms with Crippen molar-refractivity contribution in [3.63, 3.8) is 0 Å². The summed E-state index contributed by atoms with van der Waals surface area (Å²) in [6, 6.07) is 67.1. The van der Waals surface area contributed by atoms with E-state index < -0.39 is 10.8 Å². The lowest BCUT2D eigenvalue weighted by Crippen LogP contribution is -2.36. The Kier molecular flexibility index (Phi) is 6.81. The molecule has 0 unspecified atom stereocenters. The van der Waals surface area contributed by atoms with Crippen LogP contribution in [0.2, 0.25) is 0 Å². The third-order valence-electron chi connectivity index (χ3n) is 12.4. The van der Waals surface area contributed by atoms with Crippen LogP contribution in [0.1, 0.15) is 44.5 Å². The van der Waals surface area contributed by atoms with Gasteiger partial charge in [-0.3, -0.25) is 0 Å². The van der Waals surface area contributed by atoms with E-state index in [0.29, 0.717) is 0 Å². The number of para-hydroxylation sites is 1. The van der Waals surface area contributed by atoms with Crippen molar-refractivity contribution in [2.45, 2.75) is 10.8 Å². The van der Waals surface area contributed by atoms with E-state index in [1.807, 2.05) is 0 Å². The Morgan fingerprint density at radius 1 is 0.364 bits per heavy atom. The van der Waals surface area contributed by atoms with Crippen LogP contribution in [0, 0.1) is 0 Å². The summed E-state index contributed by atoms with van der Waals surface area (Å²) in [7, 11) is 3.47. The van der Waals surface area contributed by atoms with E-state index in [0.717, 1.165) is 22.5 Å². The number of benzene rings is 8. The lowest BCUT2D eigenvalue weighted by atomic mass is 9.59. The molecule has 0 spiro atoms. The maximum absolute atomic E-state index is 5.78. The predicted molar refractivity (Wildman–Crippen MR) is 224 cm³/mol. The van der Waals surface area contributed by atoms with Crippen LogP contribution in [0.25, 0.3) is 44.1 Å². The van der Waals surface area contributed by atoms with Crippen LogP contribution in [-0.4, -0.2) is 19.2 Å². The number of ether oxygens (including phenoxy) is 2. The first kappa shape index (κ1) is 31.7. The van der Waals surface area contributed by atoms with Crippen molar-refractivity contribution < 1.29 is 9.47 Å². The fourth-order valence-electron chi connectivity index (χ4n) is 10.3. The van der Waals surface area contributed by atoms with Gasteiger partial charge >= 0.3 is 0 Å². The number of fused-ring (bicyclic) bond motifs is 9. The summed E-state index contributed by atoms with van der Waals surface area (Å²) in [5.41, 5.74) is 15.7. The average molecular weight is 708 g/mol. The number of methoxy groups -OCH3 is 2. The Morgan fingerprint density at radius 3 is 1.27 bits per heavy atom. The van der Waals surface area contributed by atoms with Gasteiger partial charge in [0.05, 0.1) is 30.6 Å². The van der Waals surface area contributed by atoms with Crippen molar-refractivity contribution in [2.75, 3.05) is 14.2 Å². The Balaban J connectivity index is 1.41. The van der Waals surface area contributed by atoms with Gasteiger partial charge in [-0.15, -0.1) is 0 Å². The summed E-state index contributed by atoms with van der Waals surface area (Å²) >= 11 is 0. The Hall–Kier alpha value is -6.84. The van der Waals surface area contributed by atoms with Gasteiger partial charge in [-0.25, -0.2) is 0 Å². The van der Waals surface area contributed by atoms with Crippen LogP contribution in [0.4, 0.5) is 0 Å².